The first kappa shape index (κ1) is 18.9. The van der Waals surface area contributed by atoms with Crippen LogP contribution in [0.5, 0.6) is 0 Å². The molecule has 0 radical (unpaired) electrons. The summed E-state index contributed by atoms with van der Waals surface area (Å²) in [6.45, 7) is 9.55. The monoisotopic (exact) mass is 378 g/mol. The molecule has 0 N–H and O–H groups in total. The Morgan fingerprint density at radius 3 is 2.68 bits per heavy atom. The number of carbonyl (C=O) groups is 1. The van der Waals surface area contributed by atoms with Crippen molar-refractivity contribution in [1.29, 1.82) is 0 Å². The Kier molecular flexibility index (Phi) is 5.09. The number of piperidine rings is 1. The standard InChI is InChI=1S/C23H30N4O/c1-17(2)20-8-9-21(25-24-20)27-13-11-23(16-27)10-5-12-26(22(23)28)15-19-7-4-6-18(3)14-19/h4,6-9,14,17H,5,10-13,15-16H2,1-3H3. The molecule has 148 valence electrons. The minimum Gasteiger partial charge on any atom is -0.354 e. The van der Waals surface area contributed by atoms with Crippen molar-refractivity contribution in [2.24, 2.45) is 5.41 Å². The van der Waals surface area contributed by atoms with Crippen LogP contribution in [0.25, 0.3) is 0 Å². The van der Waals surface area contributed by atoms with Gasteiger partial charge in [-0.1, -0.05) is 43.7 Å². The number of aromatic nitrogens is 2. The van der Waals surface area contributed by atoms with Crippen molar-refractivity contribution in [3.05, 3.63) is 53.2 Å². The molecule has 2 aliphatic rings. The van der Waals surface area contributed by atoms with Crippen molar-refractivity contribution in [2.45, 2.75) is 52.5 Å². The van der Waals surface area contributed by atoms with E-state index in [1.807, 2.05) is 0 Å². The van der Waals surface area contributed by atoms with E-state index in [1.54, 1.807) is 0 Å². The molecule has 1 unspecified atom stereocenters. The number of likely N-dealkylation sites (tertiary alicyclic amines) is 1. The van der Waals surface area contributed by atoms with Crippen molar-refractivity contribution in [1.82, 2.24) is 15.1 Å². The van der Waals surface area contributed by atoms with Crippen LogP contribution in [0.4, 0.5) is 5.82 Å². The number of benzene rings is 1. The van der Waals surface area contributed by atoms with E-state index in [2.05, 4.69) is 77.2 Å². The summed E-state index contributed by atoms with van der Waals surface area (Å²) in [5.74, 6) is 1.58. The Morgan fingerprint density at radius 1 is 1.11 bits per heavy atom. The Balaban J connectivity index is 1.47. The molecule has 0 aliphatic carbocycles. The Hall–Kier alpha value is -2.43. The molecule has 2 aromatic rings. The van der Waals surface area contributed by atoms with Crippen LogP contribution < -0.4 is 4.90 Å². The molecule has 2 saturated heterocycles. The molecule has 0 saturated carbocycles. The minimum absolute atomic E-state index is 0.263. The lowest BCUT2D eigenvalue weighted by Gasteiger charge is -2.39. The molecule has 1 spiro atoms. The van der Waals surface area contributed by atoms with Gasteiger partial charge in [0.1, 0.15) is 0 Å². The molecular weight excluding hydrogens is 348 g/mol. The van der Waals surface area contributed by atoms with Gasteiger partial charge in [0.2, 0.25) is 5.91 Å². The maximum absolute atomic E-state index is 13.4. The molecule has 5 nitrogen and oxygen atoms in total. The average Bonchev–Trinajstić information content (AvgIpc) is 3.11. The Labute approximate surface area is 167 Å². The van der Waals surface area contributed by atoms with Gasteiger partial charge in [-0.2, -0.15) is 5.10 Å². The van der Waals surface area contributed by atoms with Crippen molar-refractivity contribution in [3.8, 4) is 0 Å². The molecule has 0 bridgehead atoms. The van der Waals surface area contributed by atoms with Crippen LogP contribution in [0.3, 0.4) is 0 Å². The van der Waals surface area contributed by atoms with Gasteiger partial charge in [0, 0.05) is 26.2 Å². The smallest absolute Gasteiger partial charge is 0.230 e. The van der Waals surface area contributed by atoms with Crippen molar-refractivity contribution >= 4 is 11.7 Å². The van der Waals surface area contributed by atoms with Crippen LogP contribution in [0.1, 0.15) is 55.8 Å². The number of amides is 1. The van der Waals surface area contributed by atoms with Crippen LogP contribution in [0.2, 0.25) is 0 Å². The van der Waals surface area contributed by atoms with E-state index >= 15 is 0 Å². The van der Waals surface area contributed by atoms with Gasteiger partial charge in [0.05, 0.1) is 11.1 Å². The summed E-state index contributed by atoms with van der Waals surface area (Å²) in [5.41, 5.74) is 3.21. The van der Waals surface area contributed by atoms with Gasteiger partial charge in [-0.25, -0.2) is 0 Å². The summed E-state index contributed by atoms with van der Waals surface area (Å²) in [7, 11) is 0. The Bertz CT molecular complexity index is 848. The summed E-state index contributed by atoms with van der Waals surface area (Å²) in [6.07, 6.45) is 2.96. The van der Waals surface area contributed by atoms with Crippen LogP contribution >= 0.6 is 0 Å². The van der Waals surface area contributed by atoms with E-state index in [9.17, 15) is 4.79 Å². The fourth-order valence-corrected chi connectivity index (χ4v) is 4.59. The zero-order chi connectivity index (χ0) is 19.7. The van der Waals surface area contributed by atoms with Crippen LogP contribution in [0, 0.1) is 12.3 Å². The first-order valence-electron chi connectivity index (χ1n) is 10.4. The number of rotatable bonds is 4. The summed E-state index contributed by atoms with van der Waals surface area (Å²) in [6, 6.07) is 12.6. The van der Waals surface area contributed by atoms with E-state index < -0.39 is 0 Å². The second-order valence-electron chi connectivity index (χ2n) is 8.74. The number of hydrogen-bond acceptors (Lipinski definition) is 4. The third-order valence-electron chi connectivity index (χ3n) is 6.22. The van der Waals surface area contributed by atoms with Crippen molar-refractivity contribution < 1.29 is 4.79 Å². The fourth-order valence-electron chi connectivity index (χ4n) is 4.59. The molecule has 1 amide bonds. The van der Waals surface area contributed by atoms with Crippen molar-refractivity contribution in [3.63, 3.8) is 0 Å². The van der Waals surface area contributed by atoms with Gasteiger partial charge in [0.25, 0.3) is 0 Å². The highest BCUT2D eigenvalue weighted by Gasteiger charge is 2.48. The lowest BCUT2D eigenvalue weighted by Crippen LogP contribution is -2.49. The van der Waals surface area contributed by atoms with Crippen LogP contribution in [-0.2, 0) is 11.3 Å². The average molecular weight is 379 g/mol. The lowest BCUT2D eigenvalue weighted by molar-refractivity contribution is -0.145. The lowest BCUT2D eigenvalue weighted by atomic mass is 9.78. The van der Waals surface area contributed by atoms with E-state index in [4.69, 9.17) is 0 Å². The van der Waals surface area contributed by atoms with E-state index in [-0.39, 0.29) is 5.41 Å². The molecule has 28 heavy (non-hydrogen) atoms. The molecule has 2 aliphatic heterocycles. The minimum atomic E-state index is -0.263. The molecule has 1 aromatic carbocycles. The van der Waals surface area contributed by atoms with Gasteiger partial charge >= 0.3 is 0 Å². The SMILES string of the molecule is Cc1cccc(CN2CCCC3(CCN(c4ccc(C(C)C)nn4)C3)C2=O)c1. The second-order valence-corrected chi connectivity index (χ2v) is 8.74. The number of hydrogen-bond donors (Lipinski definition) is 0. The molecular formula is C23H30N4O. The summed E-state index contributed by atoms with van der Waals surface area (Å²) in [5, 5.41) is 8.80. The number of nitrogens with zero attached hydrogens (tertiary/aromatic N) is 4. The summed E-state index contributed by atoms with van der Waals surface area (Å²) in [4.78, 5) is 17.7. The summed E-state index contributed by atoms with van der Waals surface area (Å²) >= 11 is 0. The molecule has 3 heterocycles. The maximum atomic E-state index is 13.4. The van der Waals surface area contributed by atoms with Crippen molar-refractivity contribution in [2.75, 3.05) is 24.5 Å². The first-order chi connectivity index (χ1) is 13.5. The number of carbonyl (C=O) groups excluding carboxylic acids is 1. The number of anilines is 1. The molecule has 2 fully saturated rings. The molecule has 5 heteroatoms. The highest BCUT2D eigenvalue weighted by atomic mass is 16.2. The second kappa shape index (κ2) is 7.53. The molecule has 1 aromatic heterocycles. The zero-order valence-corrected chi connectivity index (χ0v) is 17.2. The van der Waals surface area contributed by atoms with E-state index in [0.717, 1.165) is 50.4 Å². The molecule has 4 rings (SSSR count). The first-order valence-corrected chi connectivity index (χ1v) is 10.4. The maximum Gasteiger partial charge on any atom is 0.230 e. The zero-order valence-electron chi connectivity index (χ0n) is 17.2. The quantitative estimate of drug-likeness (QED) is 0.809. The van der Waals surface area contributed by atoms with Crippen LogP contribution in [-0.4, -0.2) is 40.6 Å². The van der Waals surface area contributed by atoms with Gasteiger partial charge in [-0.3, -0.25) is 4.79 Å². The van der Waals surface area contributed by atoms with E-state index in [0.29, 0.717) is 18.4 Å². The normalized spacial score (nSPS) is 22.5. The predicted molar refractivity (Wildman–Crippen MR) is 111 cm³/mol. The summed E-state index contributed by atoms with van der Waals surface area (Å²) < 4.78 is 0. The van der Waals surface area contributed by atoms with Gasteiger partial charge in [-0.05, 0) is 49.8 Å². The van der Waals surface area contributed by atoms with E-state index in [1.165, 1.54) is 11.1 Å². The fraction of sp³-hybridized carbons (Fsp3) is 0.522. The highest BCUT2D eigenvalue weighted by Crippen LogP contribution is 2.41. The highest BCUT2D eigenvalue weighted by molar-refractivity contribution is 5.85. The van der Waals surface area contributed by atoms with Crippen LogP contribution in [0.15, 0.2) is 36.4 Å². The van der Waals surface area contributed by atoms with Gasteiger partial charge in [0.15, 0.2) is 5.82 Å². The third-order valence-corrected chi connectivity index (χ3v) is 6.22. The molecule has 1 atom stereocenters. The number of aryl methyl sites for hydroxylation is 1. The third kappa shape index (κ3) is 3.62. The Morgan fingerprint density at radius 2 is 1.96 bits per heavy atom. The topological polar surface area (TPSA) is 49.3 Å². The van der Waals surface area contributed by atoms with Gasteiger partial charge in [-0.15, -0.1) is 5.10 Å². The van der Waals surface area contributed by atoms with Gasteiger partial charge < -0.3 is 9.80 Å². The predicted octanol–water partition coefficient (Wildman–Crippen LogP) is 3.93. The largest absolute Gasteiger partial charge is 0.354 e.